The maximum Gasteiger partial charge on any atom is 0.185 e. The Morgan fingerprint density at radius 3 is 2.47 bits per heavy atom. The monoisotopic (exact) mass is 401 g/mol. The summed E-state index contributed by atoms with van der Waals surface area (Å²) in [6.07, 6.45) is 2.03. The molecule has 0 aliphatic rings. The number of hydrogen-bond donors (Lipinski definition) is 0. The van der Waals surface area contributed by atoms with Gasteiger partial charge in [-0.15, -0.1) is 0 Å². The van der Waals surface area contributed by atoms with E-state index in [0.29, 0.717) is 12.1 Å². The van der Waals surface area contributed by atoms with E-state index >= 15 is 0 Å². The summed E-state index contributed by atoms with van der Waals surface area (Å²) in [5.74, 6) is 0.0405. The van der Waals surface area contributed by atoms with Crippen LogP contribution in [0.4, 0.5) is 0 Å². The zero-order valence-electron chi connectivity index (χ0n) is 8.86. The molecule has 1 aromatic carbocycles. The van der Waals surface area contributed by atoms with Crippen molar-refractivity contribution in [1.29, 1.82) is 0 Å². The minimum absolute atomic E-state index is 0.0405. The molecule has 1 heterocycles. The first-order chi connectivity index (χ1) is 8.15. The highest BCUT2D eigenvalue weighted by molar-refractivity contribution is 14.1. The van der Waals surface area contributed by atoms with Crippen LogP contribution in [0, 0.1) is 3.57 Å². The summed E-state index contributed by atoms with van der Waals surface area (Å²) >= 11 is 5.54. The number of Topliss-reactive ketones (excluding diaryl/α,β-unsaturated/α-hetero) is 1. The highest BCUT2D eigenvalue weighted by Gasteiger charge is 2.08. The lowest BCUT2D eigenvalue weighted by atomic mass is 10.1. The van der Waals surface area contributed by atoms with Gasteiger partial charge in [0, 0.05) is 20.7 Å². The topological polar surface area (TPSA) is 30.0 Å². The van der Waals surface area contributed by atoms with Crippen LogP contribution in [-0.4, -0.2) is 10.8 Å². The number of rotatable bonds is 3. The summed E-state index contributed by atoms with van der Waals surface area (Å²) in [4.78, 5) is 16.0. The van der Waals surface area contributed by atoms with Crippen LogP contribution in [0.3, 0.4) is 0 Å². The third kappa shape index (κ3) is 3.61. The molecule has 0 N–H and O–H groups in total. The summed E-state index contributed by atoms with van der Waals surface area (Å²) in [6, 6.07) is 11.5. The molecule has 0 saturated heterocycles. The van der Waals surface area contributed by atoms with Crippen LogP contribution in [0.1, 0.15) is 16.1 Å². The molecule has 0 amide bonds. The number of ketones is 1. The molecule has 86 valence electrons. The van der Waals surface area contributed by atoms with Gasteiger partial charge in [0.05, 0.1) is 0 Å². The molecular weight excluding hydrogens is 393 g/mol. The van der Waals surface area contributed by atoms with Gasteiger partial charge in [0.15, 0.2) is 5.78 Å². The highest BCUT2D eigenvalue weighted by Crippen LogP contribution is 2.11. The summed E-state index contributed by atoms with van der Waals surface area (Å²) < 4.78 is 2.05. The Balaban J connectivity index is 2.11. The summed E-state index contributed by atoms with van der Waals surface area (Å²) in [7, 11) is 0. The quantitative estimate of drug-likeness (QED) is 0.577. The normalized spacial score (nSPS) is 10.2. The van der Waals surface area contributed by atoms with Gasteiger partial charge in [-0.1, -0.05) is 12.1 Å². The fourth-order valence-electron chi connectivity index (χ4n) is 1.42. The first-order valence-electron chi connectivity index (χ1n) is 5.04. The predicted octanol–water partition coefficient (Wildman–Crippen LogP) is 3.87. The lowest BCUT2D eigenvalue weighted by molar-refractivity contribution is 0.0988. The largest absolute Gasteiger partial charge is 0.292 e. The van der Waals surface area contributed by atoms with E-state index in [1.165, 1.54) is 3.57 Å². The molecule has 2 aromatic rings. The minimum atomic E-state index is 0.0405. The SMILES string of the molecule is O=C(Cc1ccc(I)cc1)c1ccc(Br)cn1. The standard InChI is InChI=1S/C13H9BrINO/c14-10-3-6-12(16-8-10)13(17)7-9-1-4-11(15)5-2-9/h1-6,8H,7H2. The molecule has 2 rings (SSSR count). The van der Waals surface area contributed by atoms with Crippen LogP contribution in [0.15, 0.2) is 47.1 Å². The highest BCUT2D eigenvalue weighted by atomic mass is 127. The van der Waals surface area contributed by atoms with Crippen LogP contribution in [0.2, 0.25) is 0 Å². The summed E-state index contributed by atoms with van der Waals surface area (Å²) in [5, 5.41) is 0. The molecule has 17 heavy (non-hydrogen) atoms. The van der Waals surface area contributed by atoms with E-state index in [1.54, 1.807) is 12.3 Å². The third-order valence-electron chi connectivity index (χ3n) is 2.29. The molecule has 0 bridgehead atoms. The number of hydrogen-bond acceptors (Lipinski definition) is 2. The fourth-order valence-corrected chi connectivity index (χ4v) is 2.01. The van der Waals surface area contributed by atoms with Crippen LogP contribution in [-0.2, 0) is 6.42 Å². The Hall–Kier alpha value is -0.750. The van der Waals surface area contributed by atoms with Crippen molar-refractivity contribution in [2.45, 2.75) is 6.42 Å². The van der Waals surface area contributed by atoms with E-state index in [-0.39, 0.29) is 5.78 Å². The van der Waals surface area contributed by atoms with Crippen molar-refractivity contribution < 1.29 is 4.79 Å². The van der Waals surface area contributed by atoms with Crippen LogP contribution < -0.4 is 0 Å². The van der Waals surface area contributed by atoms with Crippen molar-refractivity contribution in [3.05, 3.63) is 61.9 Å². The molecule has 0 fully saturated rings. The third-order valence-corrected chi connectivity index (χ3v) is 3.48. The van der Waals surface area contributed by atoms with E-state index in [9.17, 15) is 4.79 Å². The smallest absolute Gasteiger partial charge is 0.185 e. The van der Waals surface area contributed by atoms with Crippen molar-refractivity contribution in [3.63, 3.8) is 0 Å². The molecule has 1 aromatic heterocycles. The van der Waals surface area contributed by atoms with Gasteiger partial charge in [-0.25, -0.2) is 0 Å². The first-order valence-corrected chi connectivity index (χ1v) is 6.91. The van der Waals surface area contributed by atoms with Crippen LogP contribution in [0.25, 0.3) is 0 Å². The van der Waals surface area contributed by atoms with E-state index in [2.05, 4.69) is 43.5 Å². The summed E-state index contributed by atoms with van der Waals surface area (Å²) in [6.45, 7) is 0. The van der Waals surface area contributed by atoms with Gasteiger partial charge in [-0.05, 0) is 68.3 Å². The number of halogens is 2. The second kappa shape index (κ2) is 5.73. The molecule has 0 unspecified atom stereocenters. The predicted molar refractivity (Wildman–Crippen MR) is 79.1 cm³/mol. The number of aromatic nitrogens is 1. The molecule has 0 radical (unpaired) electrons. The average molecular weight is 402 g/mol. The molecule has 0 atom stereocenters. The van der Waals surface area contributed by atoms with Gasteiger partial charge in [0.1, 0.15) is 5.69 Å². The van der Waals surface area contributed by atoms with Crippen LogP contribution >= 0.6 is 38.5 Å². The van der Waals surface area contributed by atoms with E-state index in [0.717, 1.165) is 10.0 Å². The number of carbonyl (C=O) groups is 1. The van der Waals surface area contributed by atoms with Crippen molar-refractivity contribution in [3.8, 4) is 0 Å². The van der Waals surface area contributed by atoms with Gasteiger partial charge >= 0.3 is 0 Å². The first kappa shape index (κ1) is 12.7. The van der Waals surface area contributed by atoms with Gasteiger partial charge in [-0.3, -0.25) is 9.78 Å². The number of benzene rings is 1. The molecule has 0 saturated carbocycles. The Morgan fingerprint density at radius 2 is 1.88 bits per heavy atom. The second-order valence-electron chi connectivity index (χ2n) is 3.59. The van der Waals surface area contributed by atoms with E-state index in [1.807, 2.05) is 30.3 Å². The Bertz CT molecular complexity index is 522. The van der Waals surface area contributed by atoms with E-state index < -0.39 is 0 Å². The van der Waals surface area contributed by atoms with Gasteiger partial charge in [-0.2, -0.15) is 0 Å². The summed E-state index contributed by atoms with van der Waals surface area (Å²) in [5.41, 5.74) is 1.52. The lowest BCUT2D eigenvalue weighted by Crippen LogP contribution is -2.05. The molecule has 0 spiro atoms. The Morgan fingerprint density at radius 1 is 1.18 bits per heavy atom. The Kier molecular flexibility index (Phi) is 4.28. The van der Waals surface area contributed by atoms with Gasteiger partial charge in [0.2, 0.25) is 0 Å². The Labute approximate surface area is 122 Å². The average Bonchev–Trinajstić information content (AvgIpc) is 2.33. The molecule has 2 nitrogen and oxygen atoms in total. The molecule has 0 aliphatic heterocycles. The van der Waals surface area contributed by atoms with Crippen LogP contribution in [0.5, 0.6) is 0 Å². The van der Waals surface area contributed by atoms with Crippen molar-refractivity contribution in [1.82, 2.24) is 4.98 Å². The molecule has 4 heteroatoms. The zero-order chi connectivity index (χ0) is 12.3. The fraction of sp³-hybridized carbons (Fsp3) is 0.0769. The number of carbonyl (C=O) groups excluding carboxylic acids is 1. The zero-order valence-corrected chi connectivity index (χ0v) is 12.6. The van der Waals surface area contributed by atoms with Crippen molar-refractivity contribution in [2.24, 2.45) is 0 Å². The molecular formula is C13H9BrINO. The maximum absolute atomic E-state index is 11.9. The van der Waals surface area contributed by atoms with E-state index in [4.69, 9.17) is 0 Å². The van der Waals surface area contributed by atoms with Gasteiger partial charge < -0.3 is 0 Å². The molecule has 0 aliphatic carbocycles. The van der Waals surface area contributed by atoms with Crippen molar-refractivity contribution in [2.75, 3.05) is 0 Å². The minimum Gasteiger partial charge on any atom is -0.292 e. The number of pyridine rings is 1. The van der Waals surface area contributed by atoms with Crippen molar-refractivity contribution >= 4 is 44.3 Å². The lowest BCUT2D eigenvalue weighted by Gasteiger charge is -2.01. The number of nitrogens with zero attached hydrogens (tertiary/aromatic N) is 1. The van der Waals surface area contributed by atoms with Gasteiger partial charge in [0.25, 0.3) is 0 Å². The second-order valence-corrected chi connectivity index (χ2v) is 5.75. The maximum atomic E-state index is 11.9.